The number of rotatable bonds is 20. The zero-order valence-corrected chi connectivity index (χ0v) is 33.5. The summed E-state index contributed by atoms with van der Waals surface area (Å²) in [4.78, 5) is 10.4. The minimum absolute atomic E-state index is 0.284. The molecule has 2 aromatic heterocycles. The molecule has 0 saturated carbocycles. The maximum atomic E-state index is 5.20. The van der Waals surface area contributed by atoms with Gasteiger partial charge in [-0.05, 0) is 100 Å². The van der Waals surface area contributed by atoms with E-state index in [1.165, 1.54) is 120 Å². The standard InChI is InChI=1S/C50H54N2P2/c1(5-21-39-53(45-25-13-7-14-26-45)46-27-15-8-16-28-46)3-11-23-43-37-35-41-33-34-42-36-38-44(52-50(42)49(41)51-43)24-12-4-2-6-22-40-54(47-29-17-9-18-30-47)48-31-19-10-20-32-48/h7-10,13-20,25-38H,1-6,11-12,21-24,39-40H2. The first-order valence-corrected chi connectivity index (χ1v) is 23.3. The summed E-state index contributed by atoms with van der Waals surface area (Å²) in [7, 11) is -0.569. The Bertz CT molecular complexity index is 1900. The molecule has 2 heterocycles. The lowest BCUT2D eigenvalue weighted by atomic mass is 10.1. The topological polar surface area (TPSA) is 25.8 Å². The highest BCUT2D eigenvalue weighted by Crippen LogP contribution is 2.36. The van der Waals surface area contributed by atoms with Crippen LogP contribution in [0.3, 0.4) is 0 Å². The van der Waals surface area contributed by atoms with Crippen molar-refractivity contribution >= 4 is 58.9 Å². The first kappa shape index (κ1) is 38.1. The number of aromatic nitrogens is 2. The second kappa shape index (κ2) is 20.5. The largest absolute Gasteiger partial charge is 0.251 e. The van der Waals surface area contributed by atoms with E-state index in [4.69, 9.17) is 9.97 Å². The second-order valence-electron chi connectivity index (χ2n) is 14.5. The first-order valence-electron chi connectivity index (χ1n) is 20.3. The van der Waals surface area contributed by atoms with E-state index in [2.05, 4.69) is 158 Å². The van der Waals surface area contributed by atoms with Crippen molar-refractivity contribution in [1.29, 1.82) is 0 Å². The van der Waals surface area contributed by atoms with E-state index in [1.807, 2.05) is 0 Å². The molecule has 0 aliphatic rings. The summed E-state index contributed by atoms with van der Waals surface area (Å²) in [5, 5.41) is 8.36. The Balaban J connectivity index is 0.857. The zero-order valence-electron chi connectivity index (χ0n) is 31.7. The van der Waals surface area contributed by atoms with Crippen molar-refractivity contribution in [2.45, 2.75) is 77.0 Å². The van der Waals surface area contributed by atoms with Crippen LogP contribution in [0.25, 0.3) is 21.8 Å². The van der Waals surface area contributed by atoms with Gasteiger partial charge in [-0.2, -0.15) is 0 Å². The zero-order chi connectivity index (χ0) is 36.6. The molecule has 5 aromatic carbocycles. The molecule has 0 amide bonds. The lowest BCUT2D eigenvalue weighted by Crippen LogP contribution is -2.13. The van der Waals surface area contributed by atoms with E-state index in [0.29, 0.717) is 0 Å². The molecule has 7 aromatic rings. The Kier molecular flexibility index (Phi) is 14.4. The fourth-order valence-corrected chi connectivity index (χ4v) is 12.4. The van der Waals surface area contributed by atoms with Crippen LogP contribution in [0.5, 0.6) is 0 Å². The van der Waals surface area contributed by atoms with Crippen LogP contribution in [0.1, 0.15) is 75.6 Å². The quantitative estimate of drug-likeness (QED) is 0.0441. The minimum Gasteiger partial charge on any atom is -0.251 e. The lowest BCUT2D eigenvalue weighted by Gasteiger charge is -2.18. The van der Waals surface area contributed by atoms with Crippen molar-refractivity contribution < 1.29 is 0 Å². The molecule has 274 valence electrons. The SMILES string of the molecule is c1ccc(P(CCCCCCCc2ccc3ccc4ccc(CCCCCCCP(c5ccccc5)c5ccccc5)nc4c3n2)c2ccccc2)cc1. The highest BCUT2D eigenvalue weighted by molar-refractivity contribution is 7.73. The van der Waals surface area contributed by atoms with Crippen LogP contribution in [-0.4, -0.2) is 22.3 Å². The summed E-state index contributed by atoms with van der Waals surface area (Å²) in [5.74, 6) is 0. The Morgan fingerprint density at radius 3 is 0.944 bits per heavy atom. The normalized spacial score (nSPS) is 11.6. The maximum Gasteiger partial charge on any atom is 0.0967 e. The van der Waals surface area contributed by atoms with Gasteiger partial charge in [-0.15, -0.1) is 0 Å². The smallest absolute Gasteiger partial charge is 0.0967 e. The Morgan fingerprint density at radius 2 is 0.593 bits per heavy atom. The molecule has 54 heavy (non-hydrogen) atoms. The molecule has 0 bridgehead atoms. The summed E-state index contributed by atoms with van der Waals surface area (Å²) >= 11 is 0. The molecular weight excluding hydrogens is 691 g/mol. The molecule has 0 spiro atoms. The molecule has 0 fully saturated rings. The molecule has 7 rings (SSSR count). The Hall–Kier alpha value is -4.22. The Labute approximate surface area is 326 Å². The van der Waals surface area contributed by atoms with Gasteiger partial charge < -0.3 is 0 Å². The summed E-state index contributed by atoms with van der Waals surface area (Å²) in [6.07, 6.45) is 17.2. The van der Waals surface area contributed by atoms with Crippen LogP contribution in [0.15, 0.2) is 158 Å². The molecular formula is C50H54N2P2. The van der Waals surface area contributed by atoms with E-state index < -0.39 is 0 Å². The third-order valence-corrected chi connectivity index (χ3v) is 15.7. The number of benzene rings is 5. The number of fused-ring (bicyclic) bond motifs is 3. The van der Waals surface area contributed by atoms with Gasteiger partial charge >= 0.3 is 0 Å². The summed E-state index contributed by atoms with van der Waals surface area (Å²) in [6, 6.07) is 57.9. The maximum absolute atomic E-state index is 5.20. The van der Waals surface area contributed by atoms with Gasteiger partial charge in [0.1, 0.15) is 0 Å². The summed E-state index contributed by atoms with van der Waals surface area (Å²) < 4.78 is 0. The third-order valence-electron chi connectivity index (χ3n) is 10.5. The number of hydrogen-bond acceptors (Lipinski definition) is 2. The summed E-state index contributed by atoms with van der Waals surface area (Å²) in [5.41, 5.74) is 4.52. The van der Waals surface area contributed by atoms with Gasteiger partial charge in [-0.25, -0.2) is 0 Å². The van der Waals surface area contributed by atoms with E-state index in [9.17, 15) is 0 Å². The van der Waals surface area contributed by atoms with E-state index >= 15 is 0 Å². The molecule has 4 heteroatoms. The van der Waals surface area contributed by atoms with Gasteiger partial charge in [0.15, 0.2) is 0 Å². The molecule has 0 aliphatic heterocycles. The molecule has 0 unspecified atom stereocenters. The average Bonchev–Trinajstić information content (AvgIpc) is 3.24. The van der Waals surface area contributed by atoms with Crippen molar-refractivity contribution in [1.82, 2.24) is 9.97 Å². The molecule has 0 N–H and O–H groups in total. The van der Waals surface area contributed by atoms with Crippen molar-refractivity contribution in [3.05, 3.63) is 169 Å². The minimum atomic E-state index is -0.284. The number of unbranched alkanes of at least 4 members (excludes halogenated alkanes) is 8. The van der Waals surface area contributed by atoms with Crippen LogP contribution in [-0.2, 0) is 12.8 Å². The van der Waals surface area contributed by atoms with Crippen molar-refractivity contribution in [2.75, 3.05) is 12.3 Å². The molecule has 0 saturated heterocycles. The molecule has 2 nitrogen and oxygen atoms in total. The van der Waals surface area contributed by atoms with Gasteiger partial charge in [-0.3, -0.25) is 9.97 Å². The highest BCUT2D eigenvalue weighted by atomic mass is 31.1. The molecule has 0 radical (unpaired) electrons. The van der Waals surface area contributed by atoms with Crippen LogP contribution < -0.4 is 21.2 Å². The van der Waals surface area contributed by atoms with Crippen molar-refractivity contribution in [3.8, 4) is 0 Å². The van der Waals surface area contributed by atoms with Crippen LogP contribution >= 0.6 is 15.8 Å². The van der Waals surface area contributed by atoms with Gasteiger partial charge in [0, 0.05) is 22.2 Å². The van der Waals surface area contributed by atoms with Crippen LogP contribution in [0.4, 0.5) is 0 Å². The van der Waals surface area contributed by atoms with Crippen LogP contribution in [0, 0.1) is 0 Å². The fraction of sp³-hybridized carbons (Fsp3) is 0.280. The number of aryl methyl sites for hydroxylation is 2. The van der Waals surface area contributed by atoms with E-state index in [1.54, 1.807) is 0 Å². The van der Waals surface area contributed by atoms with Gasteiger partial charge in [-0.1, -0.05) is 184 Å². The summed E-state index contributed by atoms with van der Waals surface area (Å²) in [6.45, 7) is 0. The predicted molar refractivity (Wildman–Crippen MR) is 238 cm³/mol. The fourth-order valence-electron chi connectivity index (χ4n) is 7.59. The van der Waals surface area contributed by atoms with Gasteiger partial charge in [0.05, 0.1) is 11.0 Å². The lowest BCUT2D eigenvalue weighted by molar-refractivity contribution is 0.630. The van der Waals surface area contributed by atoms with Crippen molar-refractivity contribution in [2.24, 2.45) is 0 Å². The molecule has 0 aliphatic carbocycles. The first-order chi connectivity index (χ1) is 26.8. The van der Waals surface area contributed by atoms with E-state index in [0.717, 1.165) is 23.9 Å². The highest BCUT2D eigenvalue weighted by Gasteiger charge is 2.14. The number of hydrogen-bond donors (Lipinski definition) is 0. The van der Waals surface area contributed by atoms with Gasteiger partial charge in [0.25, 0.3) is 0 Å². The van der Waals surface area contributed by atoms with Crippen molar-refractivity contribution in [3.63, 3.8) is 0 Å². The Morgan fingerprint density at radius 1 is 0.296 bits per heavy atom. The number of pyridine rings is 2. The number of nitrogens with zero attached hydrogens (tertiary/aromatic N) is 2. The average molecular weight is 745 g/mol. The third kappa shape index (κ3) is 10.7. The predicted octanol–water partition coefficient (Wildman–Crippen LogP) is 12.0. The monoisotopic (exact) mass is 744 g/mol. The van der Waals surface area contributed by atoms with Crippen LogP contribution in [0.2, 0.25) is 0 Å². The molecule has 0 atom stereocenters. The second-order valence-corrected chi connectivity index (χ2v) is 19.2. The van der Waals surface area contributed by atoms with E-state index in [-0.39, 0.29) is 15.8 Å². The van der Waals surface area contributed by atoms with Gasteiger partial charge in [0.2, 0.25) is 0 Å².